The summed E-state index contributed by atoms with van der Waals surface area (Å²) in [5.74, 6) is 0. The Morgan fingerprint density at radius 3 is 1.55 bits per heavy atom. The lowest BCUT2D eigenvalue weighted by Crippen LogP contribution is -2.38. The Balaban J connectivity index is 1.38. The van der Waals surface area contributed by atoms with Gasteiger partial charge in [-0.15, -0.1) is 0 Å². The van der Waals surface area contributed by atoms with Crippen molar-refractivity contribution in [2.75, 3.05) is 52.4 Å². The maximum atomic E-state index is 11.6. The lowest BCUT2D eigenvalue weighted by Gasteiger charge is -2.15. The van der Waals surface area contributed by atoms with Gasteiger partial charge >= 0.3 is 6.03 Å². The summed E-state index contributed by atoms with van der Waals surface area (Å²) in [6, 6.07) is -0.00663. The quantitative estimate of drug-likeness (QED) is 0.659. The van der Waals surface area contributed by atoms with Crippen molar-refractivity contribution in [3.05, 3.63) is 0 Å². The minimum Gasteiger partial charge on any atom is -0.338 e. The van der Waals surface area contributed by atoms with Crippen molar-refractivity contribution in [2.24, 2.45) is 0 Å². The molecule has 0 aliphatic carbocycles. The van der Waals surface area contributed by atoms with E-state index < -0.39 is 0 Å². The second-order valence-corrected chi connectivity index (χ2v) is 5.99. The molecule has 5 nitrogen and oxygen atoms in total. The number of amides is 2. The zero-order valence-corrected chi connectivity index (χ0v) is 12.7. The molecule has 0 spiro atoms. The van der Waals surface area contributed by atoms with Crippen LogP contribution in [0.3, 0.4) is 0 Å². The van der Waals surface area contributed by atoms with E-state index in [1.54, 1.807) is 0 Å². The van der Waals surface area contributed by atoms with E-state index in [1.165, 1.54) is 51.9 Å². The molecule has 2 rings (SSSR count). The average molecular weight is 282 g/mol. The van der Waals surface area contributed by atoms with E-state index in [9.17, 15) is 4.79 Å². The maximum absolute atomic E-state index is 11.6. The van der Waals surface area contributed by atoms with Gasteiger partial charge in [0.25, 0.3) is 0 Å². The van der Waals surface area contributed by atoms with Crippen molar-refractivity contribution < 1.29 is 4.79 Å². The van der Waals surface area contributed by atoms with Crippen molar-refractivity contribution in [2.45, 2.75) is 38.5 Å². The molecule has 0 atom stereocenters. The number of nitrogens with one attached hydrogen (secondary N) is 2. The van der Waals surface area contributed by atoms with Crippen LogP contribution in [-0.4, -0.2) is 68.2 Å². The Morgan fingerprint density at radius 2 is 1.15 bits per heavy atom. The molecule has 0 aromatic carbocycles. The third-order valence-electron chi connectivity index (χ3n) is 4.27. The van der Waals surface area contributed by atoms with Gasteiger partial charge in [-0.1, -0.05) is 0 Å². The monoisotopic (exact) mass is 282 g/mol. The van der Waals surface area contributed by atoms with E-state index in [2.05, 4.69) is 20.4 Å². The number of carbonyl (C=O) groups excluding carboxylic acids is 1. The van der Waals surface area contributed by atoms with Gasteiger partial charge in [0.15, 0.2) is 0 Å². The predicted molar refractivity (Wildman–Crippen MR) is 82.0 cm³/mol. The molecule has 0 bridgehead atoms. The van der Waals surface area contributed by atoms with E-state index in [4.69, 9.17) is 0 Å². The second kappa shape index (κ2) is 9.19. The summed E-state index contributed by atoms with van der Waals surface area (Å²) in [7, 11) is 0. The fraction of sp³-hybridized carbons (Fsp3) is 0.933. The first-order chi connectivity index (χ1) is 9.84. The van der Waals surface area contributed by atoms with E-state index in [0.29, 0.717) is 0 Å². The molecule has 2 aliphatic heterocycles. The number of carbonyl (C=O) groups is 1. The minimum absolute atomic E-state index is 0.00663. The molecule has 2 fully saturated rings. The summed E-state index contributed by atoms with van der Waals surface area (Å²) in [5.41, 5.74) is 0. The smallest absolute Gasteiger partial charge is 0.314 e. The first kappa shape index (κ1) is 15.6. The summed E-state index contributed by atoms with van der Waals surface area (Å²) >= 11 is 0. The topological polar surface area (TPSA) is 47.6 Å². The summed E-state index contributed by atoms with van der Waals surface area (Å²) in [5, 5.41) is 5.89. The molecule has 0 aromatic rings. The summed E-state index contributed by atoms with van der Waals surface area (Å²) in [4.78, 5) is 16.5. The van der Waals surface area contributed by atoms with Crippen LogP contribution in [0.15, 0.2) is 0 Å². The second-order valence-electron chi connectivity index (χ2n) is 5.99. The Morgan fingerprint density at radius 1 is 0.750 bits per heavy atom. The van der Waals surface area contributed by atoms with Crippen LogP contribution < -0.4 is 10.6 Å². The van der Waals surface area contributed by atoms with Crippen LogP contribution in [0, 0.1) is 0 Å². The highest BCUT2D eigenvalue weighted by Crippen LogP contribution is 2.07. The fourth-order valence-electron chi connectivity index (χ4n) is 3.08. The molecule has 2 saturated heterocycles. The van der Waals surface area contributed by atoms with Crippen molar-refractivity contribution >= 4 is 6.03 Å². The largest absolute Gasteiger partial charge is 0.338 e. The van der Waals surface area contributed by atoms with Gasteiger partial charge in [-0.25, -0.2) is 4.79 Å². The summed E-state index contributed by atoms with van der Waals surface area (Å²) < 4.78 is 0. The van der Waals surface area contributed by atoms with Crippen LogP contribution in [-0.2, 0) is 0 Å². The summed E-state index contributed by atoms with van der Waals surface area (Å²) in [6.45, 7) is 8.77. The Bertz CT molecular complexity index is 247. The molecule has 5 heteroatoms. The van der Waals surface area contributed by atoms with Crippen molar-refractivity contribution in [1.82, 2.24) is 20.4 Å². The standard InChI is InChI=1S/C15H30N4O/c20-15(16-7-5-13-18-9-1-2-10-18)17-8-6-14-19-11-3-4-12-19/h1-14H2,(H2,16,17,20). The molecule has 0 radical (unpaired) electrons. The molecule has 2 amide bonds. The number of likely N-dealkylation sites (tertiary alicyclic amines) is 2. The van der Waals surface area contributed by atoms with Crippen LogP contribution >= 0.6 is 0 Å². The van der Waals surface area contributed by atoms with Gasteiger partial charge in [-0.3, -0.25) is 0 Å². The number of rotatable bonds is 8. The van der Waals surface area contributed by atoms with Crippen LogP contribution in [0.25, 0.3) is 0 Å². The number of hydrogen-bond donors (Lipinski definition) is 2. The first-order valence-corrected chi connectivity index (χ1v) is 8.31. The first-order valence-electron chi connectivity index (χ1n) is 8.31. The fourth-order valence-corrected chi connectivity index (χ4v) is 3.08. The minimum atomic E-state index is -0.00663. The van der Waals surface area contributed by atoms with Gasteiger partial charge in [0.2, 0.25) is 0 Å². The van der Waals surface area contributed by atoms with Crippen LogP contribution in [0.1, 0.15) is 38.5 Å². The molecule has 0 aromatic heterocycles. The Hall–Kier alpha value is -0.810. The molecule has 2 heterocycles. The molecule has 0 unspecified atom stereocenters. The molecular weight excluding hydrogens is 252 g/mol. The highest BCUT2D eigenvalue weighted by Gasteiger charge is 2.11. The third-order valence-corrected chi connectivity index (χ3v) is 4.27. The third kappa shape index (κ3) is 6.09. The van der Waals surface area contributed by atoms with E-state index in [1.807, 2.05) is 0 Å². The van der Waals surface area contributed by atoms with Crippen LogP contribution in [0.4, 0.5) is 4.79 Å². The number of urea groups is 1. The zero-order valence-electron chi connectivity index (χ0n) is 12.7. The highest BCUT2D eigenvalue weighted by atomic mass is 16.2. The zero-order chi connectivity index (χ0) is 14.0. The van der Waals surface area contributed by atoms with Crippen LogP contribution in [0.5, 0.6) is 0 Å². The summed E-state index contributed by atoms with van der Waals surface area (Å²) in [6.07, 6.45) is 7.47. The average Bonchev–Trinajstić information content (AvgIpc) is 3.13. The van der Waals surface area contributed by atoms with Gasteiger partial charge in [0.1, 0.15) is 0 Å². The van der Waals surface area contributed by atoms with Crippen molar-refractivity contribution in [3.63, 3.8) is 0 Å². The number of hydrogen-bond acceptors (Lipinski definition) is 3. The van der Waals surface area contributed by atoms with E-state index >= 15 is 0 Å². The number of nitrogens with zero attached hydrogens (tertiary/aromatic N) is 2. The van der Waals surface area contributed by atoms with Crippen molar-refractivity contribution in [1.29, 1.82) is 0 Å². The maximum Gasteiger partial charge on any atom is 0.314 e. The lowest BCUT2D eigenvalue weighted by molar-refractivity contribution is 0.238. The Kier molecular flexibility index (Phi) is 7.15. The van der Waals surface area contributed by atoms with E-state index in [-0.39, 0.29) is 6.03 Å². The molecule has 2 aliphatic rings. The molecule has 116 valence electrons. The van der Waals surface area contributed by atoms with Gasteiger partial charge in [-0.2, -0.15) is 0 Å². The SMILES string of the molecule is O=C(NCCCN1CCCC1)NCCCN1CCCC1. The Labute approximate surface area is 123 Å². The van der Waals surface area contributed by atoms with Crippen molar-refractivity contribution in [3.8, 4) is 0 Å². The lowest BCUT2D eigenvalue weighted by atomic mass is 10.4. The molecular formula is C15H30N4O. The van der Waals surface area contributed by atoms with E-state index in [0.717, 1.165) is 39.0 Å². The van der Waals surface area contributed by atoms with Gasteiger partial charge < -0.3 is 20.4 Å². The van der Waals surface area contributed by atoms with Gasteiger partial charge in [0, 0.05) is 13.1 Å². The predicted octanol–water partition coefficient (Wildman–Crippen LogP) is 1.26. The van der Waals surface area contributed by atoms with Crippen LogP contribution in [0.2, 0.25) is 0 Å². The van der Waals surface area contributed by atoms with Gasteiger partial charge in [-0.05, 0) is 77.8 Å². The van der Waals surface area contributed by atoms with Gasteiger partial charge in [0.05, 0.1) is 0 Å². The highest BCUT2D eigenvalue weighted by molar-refractivity contribution is 5.73. The molecule has 2 N–H and O–H groups in total. The normalized spacial score (nSPS) is 20.4. The molecule has 20 heavy (non-hydrogen) atoms. The molecule has 0 saturated carbocycles.